The zero-order valence-electron chi connectivity index (χ0n) is 13.4. The molecule has 0 aromatic rings. The van der Waals surface area contributed by atoms with Crippen LogP contribution in [0.3, 0.4) is 0 Å². The van der Waals surface area contributed by atoms with Gasteiger partial charge in [0.1, 0.15) is 0 Å². The Labute approximate surface area is 128 Å². The van der Waals surface area contributed by atoms with Crippen LogP contribution in [0.25, 0.3) is 0 Å². The van der Waals surface area contributed by atoms with E-state index in [1.165, 1.54) is 0 Å². The van der Waals surface area contributed by atoms with Crippen molar-refractivity contribution in [1.29, 1.82) is 0 Å². The van der Waals surface area contributed by atoms with Crippen LogP contribution < -0.4 is 5.73 Å². The van der Waals surface area contributed by atoms with Gasteiger partial charge >= 0.3 is 0 Å². The minimum Gasteiger partial charge on any atom is -0.378 e. The maximum absolute atomic E-state index is 6.59. The number of ether oxygens (including phenoxy) is 3. The maximum Gasteiger partial charge on any atom is 0.0939 e. The van der Waals surface area contributed by atoms with Gasteiger partial charge in [0.2, 0.25) is 0 Å². The summed E-state index contributed by atoms with van der Waals surface area (Å²) in [5.74, 6) is 0.484. The molecule has 3 aliphatic rings. The van der Waals surface area contributed by atoms with Crippen LogP contribution in [0.1, 0.15) is 33.1 Å². The molecule has 3 saturated heterocycles. The molecular weight excluding hydrogens is 268 g/mol. The van der Waals surface area contributed by atoms with Gasteiger partial charge in [0.05, 0.1) is 24.9 Å². The largest absolute Gasteiger partial charge is 0.378 e. The molecule has 0 aliphatic carbocycles. The van der Waals surface area contributed by atoms with E-state index in [0.717, 1.165) is 58.8 Å². The normalized spacial score (nSPS) is 40.0. The summed E-state index contributed by atoms with van der Waals surface area (Å²) in [7, 11) is 0. The fraction of sp³-hybridized carbons (Fsp3) is 1.00. The molecule has 0 amide bonds. The van der Waals surface area contributed by atoms with Crippen LogP contribution in [-0.4, -0.2) is 68.2 Å². The fourth-order valence-electron chi connectivity index (χ4n) is 3.96. The molecule has 2 N–H and O–H groups in total. The molecule has 4 atom stereocenters. The molecular formula is C16H30N2O3. The lowest BCUT2D eigenvalue weighted by Crippen LogP contribution is -2.56. The molecule has 1 spiro atoms. The summed E-state index contributed by atoms with van der Waals surface area (Å²) in [6.07, 6.45) is 3.24. The Morgan fingerprint density at radius 3 is 2.81 bits per heavy atom. The lowest BCUT2D eigenvalue weighted by Gasteiger charge is -2.44. The second-order valence-corrected chi connectivity index (χ2v) is 7.16. The second-order valence-electron chi connectivity index (χ2n) is 7.16. The van der Waals surface area contributed by atoms with E-state index in [1.807, 2.05) is 0 Å². The van der Waals surface area contributed by atoms with Crippen LogP contribution in [0.2, 0.25) is 0 Å². The molecule has 4 unspecified atom stereocenters. The lowest BCUT2D eigenvalue weighted by atomic mass is 9.79. The molecule has 3 fully saturated rings. The van der Waals surface area contributed by atoms with E-state index in [1.54, 1.807) is 0 Å². The number of nitrogens with two attached hydrogens (primary N) is 1. The van der Waals surface area contributed by atoms with E-state index in [-0.39, 0.29) is 17.7 Å². The van der Waals surface area contributed by atoms with Crippen molar-refractivity contribution in [2.24, 2.45) is 11.7 Å². The van der Waals surface area contributed by atoms with E-state index in [0.29, 0.717) is 12.0 Å². The van der Waals surface area contributed by atoms with Crippen molar-refractivity contribution >= 4 is 0 Å². The predicted molar refractivity (Wildman–Crippen MR) is 81.3 cm³/mol. The summed E-state index contributed by atoms with van der Waals surface area (Å²) in [4.78, 5) is 2.47. The smallest absolute Gasteiger partial charge is 0.0939 e. The maximum atomic E-state index is 6.59. The summed E-state index contributed by atoms with van der Waals surface area (Å²) >= 11 is 0. The van der Waals surface area contributed by atoms with Gasteiger partial charge in [-0.15, -0.1) is 0 Å². The van der Waals surface area contributed by atoms with E-state index in [4.69, 9.17) is 19.9 Å². The highest BCUT2D eigenvalue weighted by atomic mass is 16.6. The highest BCUT2D eigenvalue weighted by molar-refractivity contribution is 4.96. The molecule has 5 nitrogen and oxygen atoms in total. The van der Waals surface area contributed by atoms with E-state index in [9.17, 15) is 0 Å². The summed E-state index contributed by atoms with van der Waals surface area (Å²) in [5.41, 5.74) is 6.53. The first kappa shape index (κ1) is 15.7. The Bertz CT molecular complexity index is 344. The zero-order valence-corrected chi connectivity index (χ0v) is 13.4. The topological polar surface area (TPSA) is 57.0 Å². The first-order valence-electron chi connectivity index (χ1n) is 8.43. The summed E-state index contributed by atoms with van der Waals surface area (Å²) in [5, 5.41) is 0. The molecule has 5 heteroatoms. The van der Waals surface area contributed by atoms with Crippen molar-refractivity contribution in [3.63, 3.8) is 0 Å². The summed E-state index contributed by atoms with van der Waals surface area (Å²) < 4.78 is 17.6. The predicted octanol–water partition coefficient (Wildman–Crippen LogP) is 1.01. The number of nitrogens with zero attached hydrogens (tertiary/aromatic N) is 1. The molecule has 21 heavy (non-hydrogen) atoms. The molecule has 3 rings (SSSR count). The first-order valence-corrected chi connectivity index (χ1v) is 8.43. The Kier molecular flexibility index (Phi) is 4.86. The van der Waals surface area contributed by atoms with Gasteiger partial charge in [0, 0.05) is 44.8 Å². The second kappa shape index (κ2) is 6.50. The van der Waals surface area contributed by atoms with Gasteiger partial charge in [-0.1, -0.05) is 0 Å². The molecule has 0 aromatic carbocycles. The van der Waals surface area contributed by atoms with E-state index < -0.39 is 0 Å². The van der Waals surface area contributed by atoms with Gasteiger partial charge in [-0.2, -0.15) is 0 Å². The van der Waals surface area contributed by atoms with Gasteiger partial charge in [-0.05, 0) is 32.6 Å². The average Bonchev–Trinajstić information content (AvgIpc) is 2.94. The van der Waals surface area contributed by atoms with Crippen LogP contribution in [0.5, 0.6) is 0 Å². The third-order valence-electron chi connectivity index (χ3n) is 5.43. The molecule has 0 saturated carbocycles. The van der Waals surface area contributed by atoms with Crippen molar-refractivity contribution in [3.8, 4) is 0 Å². The van der Waals surface area contributed by atoms with E-state index in [2.05, 4.69) is 18.7 Å². The molecule has 3 heterocycles. The minimum absolute atomic E-state index is 0.0626. The molecule has 0 aromatic heterocycles. The minimum atomic E-state index is -0.0626. The van der Waals surface area contributed by atoms with Crippen LogP contribution in [-0.2, 0) is 14.2 Å². The molecule has 0 radical (unpaired) electrons. The zero-order chi connectivity index (χ0) is 14.9. The Morgan fingerprint density at radius 1 is 1.24 bits per heavy atom. The fourth-order valence-corrected chi connectivity index (χ4v) is 3.96. The van der Waals surface area contributed by atoms with Crippen LogP contribution >= 0.6 is 0 Å². The monoisotopic (exact) mass is 298 g/mol. The van der Waals surface area contributed by atoms with Crippen molar-refractivity contribution in [1.82, 2.24) is 4.90 Å². The number of morpholine rings is 1. The molecule has 0 bridgehead atoms. The first-order chi connectivity index (χ1) is 10.1. The quantitative estimate of drug-likeness (QED) is 0.843. The third-order valence-corrected chi connectivity index (χ3v) is 5.43. The number of rotatable bonds is 3. The van der Waals surface area contributed by atoms with Crippen LogP contribution in [0, 0.1) is 5.92 Å². The standard InChI is InChI=1S/C16H30N2O3/c1-12(2)18-5-8-20-14(10-18)15(17)13-3-6-21-16(9-13)4-7-19-11-16/h12-15H,3-11,17H2,1-2H3. The lowest BCUT2D eigenvalue weighted by molar-refractivity contribution is -0.118. The Hall–Kier alpha value is -0.200. The number of hydrogen-bond acceptors (Lipinski definition) is 5. The summed E-state index contributed by atoms with van der Waals surface area (Å²) in [6, 6.07) is 0.667. The van der Waals surface area contributed by atoms with Crippen molar-refractivity contribution in [3.05, 3.63) is 0 Å². The SMILES string of the molecule is CC(C)N1CCOC(C(N)C2CCOC3(CCOC3)C2)C1. The Morgan fingerprint density at radius 2 is 2.10 bits per heavy atom. The Balaban J connectivity index is 1.60. The van der Waals surface area contributed by atoms with Gasteiger partial charge in [0.15, 0.2) is 0 Å². The van der Waals surface area contributed by atoms with Crippen LogP contribution in [0.4, 0.5) is 0 Å². The van der Waals surface area contributed by atoms with Crippen molar-refractivity contribution < 1.29 is 14.2 Å². The highest BCUT2D eigenvalue weighted by Gasteiger charge is 2.44. The summed E-state index contributed by atoms with van der Waals surface area (Å²) in [6.45, 7) is 9.63. The van der Waals surface area contributed by atoms with Gasteiger partial charge < -0.3 is 19.9 Å². The van der Waals surface area contributed by atoms with Gasteiger partial charge in [-0.3, -0.25) is 4.90 Å². The van der Waals surface area contributed by atoms with Gasteiger partial charge in [0.25, 0.3) is 0 Å². The van der Waals surface area contributed by atoms with Gasteiger partial charge in [-0.25, -0.2) is 0 Å². The van der Waals surface area contributed by atoms with E-state index >= 15 is 0 Å². The van der Waals surface area contributed by atoms with Crippen LogP contribution in [0.15, 0.2) is 0 Å². The average molecular weight is 298 g/mol. The molecule has 3 aliphatic heterocycles. The highest BCUT2D eigenvalue weighted by Crippen LogP contribution is 2.37. The van der Waals surface area contributed by atoms with Crippen molar-refractivity contribution in [2.45, 2.75) is 56.9 Å². The number of hydrogen-bond donors (Lipinski definition) is 1. The molecule has 122 valence electrons. The third kappa shape index (κ3) is 3.42. The van der Waals surface area contributed by atoms with Crippen molar-refractivity contribution in [2.75, 3.05) is 39.5 Å².